The summed E-state index contributed by atoms with van der Waals surface area (Å²) in [6.07, 6.45) is 4.17. The summed E-state index contributed by atoms with van der Waals surface area (Å²) in [7, 11) is 0. The van der Waals surface area contributed by atoms with Crippen molar-refractivity contribution in [3.63, 3.8) is 0 Å². The standard InChI is InChI=1S/C16H12N2O/c19-12-15-11-17-10-13-6-4-5-9-16(13)18(15)14-7-2-1-3-8-14/h1-12H. The minimum atomic E-state index is 0.521. The number of hydrogen-bond acceptors (Lipinski definition) is 3. The number of anilines is 2. The first-order valence-corrected chi connectivity index (χ1v) is 6.03. The van der Waals surface area contributed by atoms with Gasteiger partial charge in [0.05, 0.1) is 11.9 Å². The molecule has 1 heterocycles. The molecule has 0 atom stereocenters. The van der Waals surface area contributed by atoms with Crippen molar-refractivity contribution in [2.75, 3.05) is 4.90 Å². The van der Waals surface area contributed by atoms with Crippen molar-refractivity contribution in [1.82, 2.24) is 0 Å². The first-order chi connectivity index (χ1) is 9.40. The monoisotopic (exact) mass is 248 g/mol. The van der Waals surface area contributed by atoms with Gasteiger partial charge in [-0.1, -0.05) is 36.4 Å². The number of aldehydes is 1. The Labute approximate surface area is 111 Å². The van der Waals surface area contributed by atoms with Crippen molar-refractivity contribution in [2.24, 2.45) is 4.99 Å². The summed E-state index contributed by atoms with van der Waals surface area (Å²) < 4.78 is 0. The van der Waals surface area contributed by atoms with Gasteiger partial charge in [-0.05, 0) is 18.2 Å². The maximum Gasteiger partial charge on any atom is 0.168 e. The third kappa shape index (κ3) is 2.06. The molecule has 0 amide bonds. The molecule has 1 aliphatic heterocycles. The number of nitrogens with zero attached hydrogens (tertiary/aromatic N) is 2. The average Bonchev–Trinajstić information content (AvgIpc) is 2.67. The van der Waals surface area contributed by atoms with Crippen molar-refractivity contribution >= 4 is 23.9 Å². The van der Waals surface area contributed by atoms with E-state index in [2.05, 4.69) is 4.99 Å². The summed E-state index contributed by atoms with van der Waals surface area (Å²) >= 11 is 0. The third-order valence-electron chi connectivity index (χ3n) is 2.99. The molecule has 0 saturated heterocycles. The van der Waals surface area contributed by atoms with E-state index < -0.39 is 0 Å². The van der Waals surface area contributed by atoms with Gasteiger partial charge in [0, 0.05) is 17.5 Å². The zero-order chi connectivity index (χ0) is 13.1. The number of aliphatic imine (C=N–C) groups is 1. The third-order valence-corrected chi connectivity index (χ3v) is 2.99. The lowest BCUT2D eigenvalue weighted by molar-refractivity contribution is -0.104. The lowest BCUT2D eigenvalue weighted by atomic mass is 10.1. The lowest BCUT2D eigenvalue weighted by Gasteiger charge is -2.24. The van der Waals surface area contributed by atoms with Crippen LogP contribution in [0.2, 0.25) is 0 Å². The summed E-state index contributed by atoms with van der Waals surface area (Å²) in [4.78, 5) is 17.4. The number of hydrogen-bond donors (Lipinski definition) is 0. The lowest BCUT2D eigenvalue weighted by Crippen LogP contribution is -2.17. The molecule has 2 aromatic carbocycles. The molecule has 3 nitrogen and oxygen atoms in total. The van der Waals surface area contributed by atoms with Gasteiger partial charge < -0.3 is 4.90 Å². The predicted molar refractivity (Wildman–Crippen MR) is 76.8 cm³/mol. The first-order valence-electron chi connectivity index (χ1n) is 6.03. The molecule has 0 saturated carbocycles. The van der Waals surface area contributed by atoms with E-state index >= 15 is 0 Å². The van der Waals surface area contributed by atoms with Gasteiger partial charge in [0.15, 0.2) is 6.29 Å². The SMILES string of the molecule is O=CC1=CN=Cc2ccccc2N1c1ccccc1. The van der Waals surface area contributed by atoms with E-state index in [4.69, 9.17) is 0 Å². The van der Waals surface area contributed by atoms with E-state index in [1.807, 2.05) is 59.5 Å². The average molecular weight is 248 g/mol. The van der Waals surface area contributed by atoms with Crippen LogP contribution in [0.4, 0.5) is 11.4 Å². The highest BCUT2D eigenvalue weighted by molar-refractivity contribution is 5.96. The molecule has 0 aliphatic carbocycles. The molecule has 19 heavy (non-hydrogen) atoms. The topological polar surface area (TPSA) is 32.7 Å². The van der Waals surface area contributed by atoms with Crippen LogP contribution < -0.4 is 4.90 Å². The smallest absolute Gasteiger partial charge is 0.168 e. The Morgan fingerprint density at radius 3 is 2.47 bits per heavy atom. The zero-order valence-corrected chi connectivity index (χ0v) is 10.2. The highest BCUT2D eigenvalue weighted by atomic mass is 16.1. The van der Waals surface area contributed by atoms with Gasteiger partial charge in [0.1, 0.15) is 5.70 Å². The molecule has 2 aromatic rings. The second kappa shape index (κ2) is 4.90. The Kier molecular flexibility index (Phi) is 2.94. The Bertz CT molecular complexity index is 659. The van der Waals surface area contributed by atoms with Gasteiger partial charge in [-0.15, -0.1) is 0 Å². The molecular formula is C16H12N2O. The molecule has 3 rings (SSSR count). The molecule has 0 N–H and O–H groups in total. The predicted octanol–water partition coefficient (Wildman–Crippen LogP) is 3.30. The van der Waals surface area contributed by atoms with Crippen LogP contribution in [-0.4, -0.2) is 12.5 Å². The van der Waals surface area contributed by atoms with Crippen LogP contribution in [0.3, 0.4) is 0 Å². The Hall–Kier alpha value is -2.68. The minimum absolute atomic E-state index is 0.521. The van der Waals surface area contributed by atoms with Gasteiger partial charge in [-0.25, -0.2) is 0 Å². The molecular weight excluding hydrogens is 236 g/mol. The summed E-state index contributed by atoms with van der Waals surface area (Å²) in [5.74, 6) is 0. The fraction of sp³-hybridized carbons (Fsp3) is 0. The summed E-state index contributed by atoms with van der Waals surface area (Å²) in [5.41, 5.74) is 3.40. The second-order valence-electron chi connectivity index (χ2n) is 4.18. The van der Waals surface area contributed by atoms with Crippen LogP contribution in [0.15, 0.2) is 71.5 Å². The van der Waals surface area contributed by atoms with Crippen molar-refractivity contribution in [3.8, 4) is 0 Å². The fourth-order valence-electron chi connectivity index (χ4n) is 2.14. The Balaban J connectivity index is 2.22. The molecule has 0 fully saturated rings. The van der Waals surface area contributed by atoms with E-state index in [0.29, 0.717) is 5.70 Å². The molecule has 3 heteroatoms. The first kappa shape index (κ1) is 11.4. The van der Waals surface area contributed by atoms with Crippen LogP contribution in [0, 0.1) is 0 Å². The quantitative estimate of drug-likeness (QED) is 0.764. The number of fused-ring (bicyclic) bond motifs is 1. The van der Waals surface area contributed by atoms with E-state index in [1.54, 1.807) is 12.4 Å². The van der Waals surface area contributed by atoms with Gasteiger partial charge in [0.2, 0.25) is 0 Å². The normalized spacial score (nSPS) is 13.5. The molecule has 1 aliphatic rings. The van der Waals surface area contributed by atoms with Crippen molar-refractivity contribution in [2.45, 2.75) is 0 Å². The number of carbonyl (C=O) groups excluding carboxylic acids is 1. The van der Waals surface area contributed by atoms with Gasteiger partial charge in [-0.2, -0.15) is 0 Å². The summed E-state index contributed by atoms with van der Waals surface area (Å²) in [6, 6.07) is 17.7. The van der Waals surface area contributed by atoms with Crippen molar-refractivity contribution < 1.29 is 4.79 Å². The summed E-state index contributed by atoms with van der Waals surface area (Å²) in [5, 5.41) is 0. The largest absolute Gasteiger partial charge is 0.305 e. The van der Waals surface area contributed by atoms with Crippen LogP contribution in [0.25, 0.3) is 0 Å². The highest BCUT2D eigenvalue weighted by Crippen LogP contribution is 2.32. The van der Waals surface area contributed by atoms with Gasteiger partial charge in [0.25, 0.3) is 0 Å². The molecule has 0 unspecified atom stereocenters. The molecule has 0 radical (unpaired) electrons. The molecule has 92 valence electrons. The van der Waals surface area contributed by atoms with E-state index in [9.17, 15) is 4.79 Å². The highest BCUT2D eigenvalue weighted by Gasteiger charge is 2.18. The van der Waals surface area contributed by atoms with Crippen molar-refractivity contribution in [3.05, 3.63) is 72.1 Å². The Morgan fingerprint density at radius 1 is 0.947 bits per heavy atom. The van der Waals surface area contributed by atoms with Crippen LogP contribution in [0.5, 0.6) is 0 Å². The maximum atomic E-state index is 11.3. The van der Waals surface area contributed by atoms with Crippen LogP contribution >= 0.6 is 0 Å². The number of rotatable bonds is 2. The Morgan fingerprint density at radius 2 is 1.68 bits per heavy atom. The maximum absolute atomic E-state index is 11.3. The van der Waals surface area contributed by atoms with Gasteiger partial charge in [-0.3, -0.25) is 9.79 Å². The van der Waals surface area contributed by atoms with E-state index in [-0.39, 0.29) is 0 Å². The number of carbonyl (C=O) groups is 1. The summed E-state index contributed by atoms with van der Waals surface area (Å²) in [6.45, 7) is 0. The molecule has 0 spiro atoms. The molecule has 0 aromatic heterocycles. The van der Waals surface area contributed by atoms with Crippen LogP contribution in [-0.2, 0) is 4.79 Å². The fourth-order valence-corrected chi connectivity index (χ4v) is 2.14. The van der Waals surface area contributed by atoms with Crippen molar-refractivity contribution in [1.29, 1.82) is 0 Å². The number of para-hydroxylation sites is 2. The van der Waals surface area contributed by atoms with E-state index in [1.165, 1.54) is 0 Å². The number of allylic oxidation sites excluding steroid dienone is 1. The van der Waals surface area contributed by atoms with Crippen LogP contribution in [0.1, 0.15) is 5.56 Å². The second-order valence-corrected chi connectivity index (χ2v) is 4.18. The molecule has 0 bridgehead atoms. The number of benzene rings is 2. The van der Waals surface area contributed by atoms with E-state index in [0.717, 1.165) is 23.2 Å². The zero-order valence-electron chi connectivity index (χ0n) is 10.2. The van der Waals surface area contributed by atoms with Gasteiger partial charge >= 0.3 is 0 Å². The minimum Gasteiger partial charge on any atom is -0.305 e.